The van der Waals surface area contributed by atoms with E-state index >= 15 is 0 Å². The van der Waals surface area contributed by atoms with Gasteiger partial charge in [0.2, 0.25) is 0 Å². The standard InChI is InChI=1S/C10H22N2/c1-6-12-9(5)10(7(2)3)8(4)11-12/h7-11H,6H2,1-5H3. The molecule has 2 nitrogen and oxygen atoms in total. The van der Waals surface area contributed by atoms with Crippen LogP contribution >= 0.6 is 0 Å². The van der Waals surface area contributed by atoms with E-state index in [4.69, 9.17) is 0 Å². The number of hydrogen-bond acceptors (Lipinski definition) is 2. The number of hydrogen-bond donors (Lipinski definition) is 1. The molecule has 0 bridgehead atoms. The third-order valence-electron chi connectivity index (χ3n) is 3.11. The van der Waals surface area contributed by atoms with E-state index in [0.29, 0.717) is 12.1 Å². The van der Waals surface area contributed by atoms with Crippen molar-refractivity contribution in [3.63, 3.8) is 0 Å². The summed E-state index contributed by atoms with van der Waals surface area (Å²) in [6, 6.07) is 1.32. The molecule has 0 aromatic rings. The maximum Gasteiger partial charge on any atom is 0.0261 e. The Morgan fingerprint density at radius 1 is 1.33 bits per heavy atom. The third-order valence-corrected chi connectivity index (χ3v) is 3.11. The molecule has 0 saturated carbocycles. The van der Waals surface area contributed by atoms with Crippen molar-refractivity contribution in [2.75, 3.05) is 6.54 Å². The van der Waals surface area contributed by atoms with Crippen LogP contribution in [0.25, 0.3) is 0 Å². The van der Waals surface area contributed by atoms with Crippen LogP contribution in [0, 0.1) is 11.8 Å². The lowest BCUT2D eigenvalue weighted by molar-refractivity contribution is 0.183. The Labute approximate surface area is 76.3 Å². The van der Waals surface area contributed by atoms with Gasteiger partial charge in [-0.25, -0.2) is 5.01 Å². The molecule has 0 radical (unpaired) electrons. The summed E-state index contributed by atoms with van der Waals surface area (Å²) in [6.07, 6.45) is 0. The number of rotatable bonds is 2. The minimum Gasteiger partial charge on any atom is -0.252 e. The Balaban J connectivity index is 2.63. The minimum atomic E-state index is 0.639. The van der Waals surface area contributed by atoms with Crippen LogP contribution in [0.5, 0.6) is 0 Å². The van der Waals surface area contributed by atoms with Gasteiger partial charge in [0.15, 0.2) is 0 Å². The molecule has 1 N–H and O–H groups in total. The highest BCUT2D eigenvalue weighted by atomic mass is 15.6. The predicted octanol–water partition coefficient (Wildman–Crippen LogP) is 1.88. The highest BCUT2D eigenvalue weighted by molar-refractivity contribution is 4.89. The highest BCUT2D eigenvalue weighted by Gasteiger charge is 2.36. The van der Waals surface area contributed by atoms with E-state index in [1.165, 1.54) is 0 Å². The summed E-state index contributed by atoms with van der Waals surface area (Å²) >= 11 is 0. The van der Waals surface area contributed by atoms with E-state index in [2.05, 4.69) is 45.1 Å². The Morgan fingerprint density at radius 2 is 1.92 bits per heavy atom. The van der Waals surface area contributed by atoms with Crippen molar-refractivity contribution in [2.45, 2.75) is 46.7 Å². The molecule has 1 fully saturated rings. The molecule has 1 aliphatic rings. The summed E-state index contributed by atoms with van der Waals surface area (Å²) in [6.45, 7) is 12.6. The smallest absolute Gasteiger partial charge is 0.0261 e. The van der Waals surface area contributed by atoms with Crippen LogP contribution in [0.2, 0.25) is 0 Å². The second-order valence-corrected chi connectivity index (χ2v) is 4.27. The molecule has 0 amide bonds. The van der Waals surface area contributed by atoms with Gasteiger partial charge in [-0.1, -0.05) is 20.8 Å². The fourth-order valence-electron chi connectivity index (χ4n) is 2.60. The quantitative estimate of drug-likeness (QED) is 0.680. The fourth-order valence-corrected chi connectivity index (χ4v) is 2.60. The largest absolute Gasteiger partial charge is 0.252 e. The average Bonchev–Trinajstić information content (AvgIpc) is 2.25. The fraction of sp³-hybridized carbons (Fsp3) is 1.00. The van der Waals surface area contributed by atoms with Crippen LogP contribution in [0.3, 0.4) is 0 Å². The molecular weight excluding hydrogens is 148 g/mol. The summed E-state index contributed by atoms with van der Waals surface area (Å²) in [4.78, 5) is 0. The Kier molecular flexibility index (Phi) is 3.13. The van der Waals surface area contributed by atoms with Gasteiger partial charge in [-0.2, -0.15) is 0 Å². The van der Waals surface area contributed by atoms with Gasteiger partial charge in [-0.15, -0.1) is 0 Å². The second kappa shape index (κ2) is 3.75. The zero-order chi connectivity index (χ0) is 9.30. The molecule has 1 saturated heterocycles. The van der Waals surface area contributed by atoms with Gasteiger partial charge in [0, 0.05) is 18.6 Å². The van der Waals surface area contributed by atoms with Gasteiger partial charge >= 0.3 is 0 Å². The van der Waals surface area contributed by atoms with Crippen LogP contribution in [-0.2, 0) is 0 Å². The van der Waals surface area contributed by atoms with E-state index in [1.807, 2.05) is 0 Å². The lowest BCUT2D eigenvalue weighted by atomic mass is 9.85. The summed E-state index contributed by atoms with van der Waals surface area (Å²) in [7, 11) is 0. The van der Waals surface area contributed by atoms with E-state index in [1.54, 1.807) is 0 Å². The Morgan fingerprint density at radius 3 is 2.17 bits per heavy atom. The first-order chi connectivity index (χ1) is 5.57. The lowest BCUT2D eigenvalue weighted by Crippen LogP contribution is -2.37. The zero-order valence-corrected chi connectivity index (χ0v) is 8.96. The maximum atomic E-state index is 3.52. The summed E-state index contributed by atoms with van der Waals surface area (Å²) in [5, 5.41) is 2.36. The van der Waals surface area contributed by atoms with Crippen molar-refractivity contribution in [2.24, 2.45) is 11.8 Å². The monoisotopic (exact) mass is 170 g/mol. The molecule has 2 heteroatoms. The lowest BCUT2D eigenvalue weighted by Gasteiger charge is -2.24. The van der Waals surface area contributed by atoms with Crippen LogP contribution in [0.4, 0.5) is 0 Å². The molecule has 1 aliphatic heterocycles. The Bertz CT molecular complexity index is 145. The summed E-state index contributed by atoms with van der Waals surface area (Å²) in [5.41, 5.74) is 3.52. The molecule has 3 atom stereocenters. The van der Waals surface area contributed by atoms with E-state index < -0.39 is 0 Å². The van der Waals surface area contributed by atoms with Gasteiger partial charge in [0.1, 0.15) is 0 Å². The van der Waals surface area contributed by atoms with Crippen molar-refractivity contribution in [1.29, 1.82) is 0 Å². The van der Waals surface area contributed by atoms with Gasteiger partial charge in [-0.3, -0.25) is 5.43 Å². The molecule has 12 heavy (non-hydrogen) atoms. The summed E-state index contributed by atoms with van der Waals surface area (Å²) < 4.78 is 0. The second-order valence-electron chi connectivity index (χ2n) is 4.27. The first kappa shape index (κ1) is 10.0. The Hall–Kier alpha value is -0.0800. The number of nitrogens with zero attached hydrogens (tertiary/aromatic N) is 1. The molecule has 0 aliphatic carbocycles. The van der Waals surface area contributed by atoms with Crippen molar-refractivity contribution in [3.8, 4) is 0 Å². The van der Waals surface area contributed by atoms with Crippen LogP contribution in [0.1, 0.15) is 34.6 Å². The topological polar surface area (TPSA) is 15.3 Å². The molecule has 0 aromatic carbocycles. The first-order valence-corrected chi connectivity index (χ1v) is 5.10. The maximum absolute atomic E-state index is 3.52. The zero-order valence-electron chi connectivity index (χ0n) is 8.96. The normalized spacial score (nSPS) is 38.0. The van der Waals surface area contributed by atoms with Gasteiger partial charge in [0.05, 0.1) is 0 Å². The highest BCUT2D eigenvalue weighted by Crippen LogP contribution is 2.27. The number of hydrazine groups is 1. The first-order valence-electron chi connectivity index (χ1n) is 5.10. The molecule has 72 valence electrons. The van der Waals surface area contributed by atoms with Crippen molar-refractivity contribution >= 4 is 0 Å². The molecule has 3 unspecified atom stereocenters. The average molecular weight is 170 g/mol. The van der Waals surface area contributed by atoms with Gasteiger partial charge in [-0.05, 0) is 25.7 Å². The van der Waals surface area contributed by atoms with Crippen molar-refractivity contribution in [3.05, 3.63) is 0 Å². The molecule has 0 aromatic heterocycles. The van der Waals surface area contributed by atoms with Gasteiger partial charge in [0.25, 0.3) is 0 Å². The molecule has 1 heterocycles. The van der Waals surface area contributed by atoms with Crippen molar-refractivity contribution in [1.82, 2.24) is 10.4 Å². The van der Waals surface area contributed by atoms with Crippen LogP contribution in [-0.4, -0.2) is 23.6 Å². The van der Waals surface area contributed by atoms with Gasteiger partial charge < -0.3 is 0 Å². The SMILES string of the molecule is CCN1NC(C)C(C(C)C)C1C. The molecule has 0 spiro atoms. The number of nitrogens with one attached hydrogen (secondary N) is 1. The molecular formula is C10H22N2. The van der Waals surface area contributed by atoms with E-state index in [0.717, 1.165) is 18.4 Å². The minimum absolute atomic E-state index is 0.639. The molecule has 1 rings (SSSR count). The van der Waals surface area contributed by atoms with Crippen LogP contribution in [0.15, 0.2) is 0 Å². The summed E-state index contributed by atoms with van der Waals surface area (Å²) in [5.74, 6) is 1.57. The predicted molar refractivity (Wildman–Crippen MR) is 52.8 cm³/mol. The van der Waals surface area contributed by atoms with E-state index in [9.17, 15) is 0 Å². The van der Waals surface area contributed by atoms with Crippen molar-refractivity contribution < 1.29 is 0 Å². The van der Waals surface area contributed by atoms with Crippen LogP contribution < -0.4 is 5.43 Å². The third kappa shape index (κ3) is 1.64. The van der Waals surface area contributed by atoms with E-state index in [-0.39, 0.29) is 0 Å².